The summed E-state index contributed by atoms with van der Waals surface area (Å²) < 4.78 is 4.82. The first kappa shape index (κ1) is 12.7. The lowest BCUT2D eigenvalue weighted by Crippen LogP contribution is -2.17. The molecule has 84 valence electrons. The van der Waals surface area contributed by atoms with Crippen LogP contribution in [0.15, 0.2) is 18.2 Å². The second-order valence-corrected chi connectivity index (χ2v) is 3.68. The highest BCUT2D eigenvalue weighted by molar-refractivity contribution is 6.35. The van der Waals surface area contributed by atoms with Crippen LogP contribution >= 0.6 is 23.2 Å². The highest BCUT2D eigenvalue weighted by Crippen LogP contribution is 2.23. The molecule has 0 atom stereocenters. The molecule has 1 aromatic carbocycles. The molecule has 0 aliphatic carbocycles. The summed E-state index contributed by atoms with van der Waals surface area (Å²) >= 11 is 11.9. The summed E-state index contributed by atoms with van der Waals surface area (Å²) in [6.45, 7) is 1.50. The van der Waals surface area contributed by atoms with E-state index < -0.39 is 0 Å². The molecule has 0 radical (unpaired) electrons. The highest BCUT2D eigenvalue weighted by atomic mass is 35.5. The van der Waals surface area contributed by atoms with Crippen LogP contribution < -0.4 is 5.48 Å². The van der Waals surface area contributed by atoms with E-state index in [2.05, 4.69) is 5.48 Å². The number of halogens is 2. The van der Waals surface area contributed by atoms with E-state index in [0.717, 1.165) is 5.56 Å². The topological polar surface area (TPSA) is 30.5 Å². The van der Waals surface area contributed by atoms with Crippen molar-refractivity contribution in [1.82, 2.24) is 5.48 Å². The molecule has 0 amide bonds. The summed E-state index contributed by atoms with van der Waals surface area (Å²) in [5.41, 5.74) is 3.60. The van der Waals surface area contributed by atoms with Gasteiger partial charge in [-0.2, -0.15) is 5.48 Å². The number of hydrogen-bond donors (Lipinski definition) is 1. The molecule has 3 nitrogen and oxygen atoms in total. The van der Waals surface area contributed by atoms with Crippen molar-refractivity contribution in [3.05, 3.63) is 33.8 Å². The van der Waals surface area contributed by atoms with Gasteiger partial charge < -0.3 is 4.74 Å². The summed E-state index contributed by atoms with van der Waals surface area (Å²) in [5, 5.41) is 1.26. The molecule has 0 saturated carbocycles. The fourth-order valence-corrected chi connectivity index (χ4v) is 1.55. The third-order valence-corrected chi connectivity index (χ3v) is 2.51. The molecular weight excluding hydrogens is 237 g/mol. The summed E-state index contributed by atoms with van der Waals surface area (Å²) in [5.74, 6) is 0. The van der Waals surface area contributed by atoms with E-state index in [0.29, 0.717) is 29.8 Å². The fourth-order valence-electron chi connectivity index (χ4n) is 1.02. The number of hydroxylamine groups is 1. The van der Waals surface area contributed by atoms with E-state index in [-0.39, 0.29) is 0 Å². The van der Waals surface area contributed by atoms with Crippen molar-refractivity contribution in [2.45, 2.75) is 6.54 Å². The Labute approximate surface area is 99.2 Å². The fraction of sp³-hybridized carbons (Fsp3) is 0.400. The maximum atomic E-state index is 5.96. The third-order valence-electron chi connectivity index (χ3n) is 1.80. The molecule has 15 heavy (non-hydrogen) atoms. The molecule has 0 bridgehead atoms. The Balaban J connectivity index is 2.37. The quantitative estimate of drug-likeness (QED) is 0.622. The Morgan fingerprint density at radius 1 is 1.20 bits per heavy atom. The van der Waals surface area contributed by atoms with Crippen LogP contribution in [0.4, 0.5) is 0 Å². The summed E-state index contributed by atoms with van der Waals surface area (Å²) in [6.07, 6.45) is 0. The van der Waals surface area contributed by atoms with Gasteiger partial charge in [0.15, 0.2) is 0 Å². The van der Waals surface area contributed by atoms with Crippen molar-refractivity contribution in [3.63, 3.8) is 0 Å². The zero-order chi connectivity index (χ0) is 11.1. The second kappa shape index (κ2) is 7.04. The average Bonchev–Trinajstić information content (AvgIpc) is 2.21. The summed E-state index contributed by atoms with van der Waals surface area (Å²) in [6, 6.07) is 5.39. The molecule has 0 heterocycles. The van der Waals surface area contributed by atoms with Gasteiger partial charge >= 0.3 is 0 Å². The predicted octanol–water partition coefficient (Wildman–Crippen LogP) is 2.66. The minimum atomic E-state index is 0.474. The van der Waals surface area contributed by atoms with Gasteiger partial charge in [0, 0.05) is 29.3 Å². The minimum Gasteiger partial charge on any atom is -0.382 e. The minimum absolute atomic E-state index is 0.474. The van der Waals surface area contributed by atoms with Gasteiger partial charge in [0.25, 0.3) is 0 Å². The smallest absolute Gasteiger partial charge is 0.0916 e. The molecule has 1 rings (SSSR count). The Kier molecular flexibility index (Phi) is 5.98. The predicted molar refractivity (Wildman–Crippen MR) is 61.1 cm³/mol. The number of rotatable bonds is 6. The monoisotopic (exact) mass is 249 g/mol. The number of nitrogens with one attached hydrogen (secondary N) is 1. The normalized spacial score (nSPS) is 10.6. The molecule has 1 N–H and O–H groups in total. The maximum absolute atomic E-state index is 5.96. The first-order chi connectivity index (χ1) is 7.25. The molecule has 0 aromatic heterocycles. The van der Waals surface area contributed by atoms with Crippen LogP contribution in [-0.2, 0) is 16.1 Å². The van der Waals surface area contributed by atoms with Crippen LogP contribution in [0.1, 0.15) is 5.56 Å². The number of hydrogen-bond acceptors (Lipinski definition) is 3. The van der Waals surface area contributed by atoms with Gasteiger partial charge in [-0.05, 0) is 12.1 Å². The van der Waals surface area contributed by atoms with Crippen molar-refractivity contribution in [2.75, 3.05) is 20.3 Å². The highest BCUT2D eigenvalue weighted by Gasteiger charge is 2.04. The van der Waals surface area contributed by atoms with Crippen LogP contribution in [0.25, 0.3) is 0 Å². The lowest BCUT2D eigenvalue weighted by Gasteiger charge is -2.08. The van der Waals surface area contributed by atoms with Crippen molar-refractivity contribution in [2.24, 2.45) is 0 Å². The molecule has 0 spiro atoms. The van der Waals surface area contributed by atoms with E-state index in [1.54, 1.807) is 25.3 Å². The van der Waals surface area contributed by atoms with Gasteiger partial charge in [-0.15, -0.1) is 0 Å². The molecular formula is C10H13Cl2NO2. The van der Waals surface area contributed by atoms with Crippen molar-refractivity contribution in [1.29, 1.82) is 0 Å². The molecule has 5 heteroatoms. The lowest BCUT2D eigenvalue weighted by atomic mass is 10.2. The van der Waals surface area contributed by atoms with Crippen molar-refractivity contribution < 1.29 is 9.57 Å². The molecule has 1 aromatic rings. The summed E-state index contributed by atoms with van der Waals surface area (Å²) in [7, 11) is 1.62. The first-order valence-corrected chi connectivity index (χ1v) is 5.27. The van der Waals surface area contributed by atoms with Gasteiger partial charge in [0.2, 0.25) is 0 Å². The van der Waals surface area contributed by atoms with Crippen molar-refractivity contribution in [3.8, 4) is 0 Å². The third kappa shape index (κ3) is 4.36. The number of benzene rings is 1. The van der Waals surface area contributed by atoms with Crippen LogP contribution in [0.5, 0.6) is 0 Å². The zero-order valence-corrected chi connectivity index (χ0v) is 9.94. The van der Waals surface area contributed by atoms with Gasteiger partial charge in [-0.3, -0.25) is 4.84 Å². The van der Waals surface area contributed by atoms with Gasteiger partial charge in [-0.25, -0.2) is 0 Å². The van der Waals surface area contributed by atoms with E-state index in [1.807, 2.05) is 0 Å². The van der Waals surface area contributed by atoms with Gasteiger partial charge in [0.1, 0.15) is 0 Å². The SMILES string of the molecule is COCCONCc1c(Cl)cccc1Cl. The molecule has 0 aliphatic heterocycles. The Morgan fingerprint density at radius 3 is 2.47 bits per heavy atom. The van der Waals surface area contributed by atoms with Crippen LogP contribution in [0.2, 0.25) is 10.0 Å². The van der Waals surface area contributed by atoms with E-state index in [9.17, 15) is 0 Å². The van der Waals surface area contributed by atoms with Gasteiger partial charge in [-0.1, -0.05) is 29.3 Å². The number of ether oxygens (including phenoxy) is 1. The van der Waals surface area contributed by atoms with Crippen LogP contribution in [-0.4, -0.2) is 20.3 Å². The standard InChI is InChI=1S/C10H13Cl2NO2/c1-14-5-6-15-13-7-8-9(11)3-2-4-10(8)12/h2-4,13H,5-7H2,1H3. The van der Waals surface area contributed by atoms with E-state index in [1.165, 1.54) is 0 Å². The molecule has 0 fully saturated rings. The van der Waals surface area contributed by atoms with Crippen LogP contribution in [0, 0.1) is 0 Å². The Hall–Kier alpha value is -0.320. The number of methoxy groups -OCH3 is 1. The lowest BCUT2D eigenvalue weighted by molar-refractivity contribution is 0.00348. The van der Waals surface area contributed by atoms with Crippen LogP contribution in [0.3, 0.4) is 0 Å². The van der Waals surface area contributed by atoms with Crippen molar-refractivity contribution >= 4 is 23.2 Å². The Morgan fingerprint density at radius 2 is 1.87 bits per heavy atom. The van der Waals surface area contributed by atoms with Gasteiger partial charge in [0.05, 0.1) is 13.2 Å². The zero-order valence-electron chi connectivity index (χ0n) is 8.43. The molecule has 0 saturated heterocycles. The van der Waals surface area contributed by atoms with E-state index >= 15 is 0 Å². The Bertz CT molecular complexity index is 287. The molecule has 0 aliphatic rings. The summed E-state index contributed by atoms with van der Waals surface area (Å²) in [4.78, 5) is 5.10. The van der Waals surface area contributed by atoms with E-state index in [4.69, 9.17) is 32.8 Å². The second-order valence-electron chi connectivity index (χ2n) is 2.86. The molecule has 0 unspecified atom stereocenters. The average molecular weight is 250 g/mol. The maximum Gasteiger partial charge on any atom is 0.0916 e. The first-order valence-electron chi connectivity index (χ1n) is 4.52. The largest absolute Gasteiger partial charge is 0.382 e.